The van der Waals surface area contributed by atoms with Crippen molar-refractivity contribution in [2.45, 2.75) is 38.6 Å². The number of esters is 1. The molecule has 3 unspecified atom stereocenters. The molecule has 1 aliphatic carbocycles. The lowest BCUT2D eigenvalue weighted by atomic mass is 9.86. The maximum atomic E-state index is 11.4. The van der Waals surface area contributed by atoms with Crippen LogP contribution in [-0.2, 0) is 9.53 Å². The Hall–Kier alpha value is -0.910. The number of rotatable bonds is 2. The van der Waals surface area contributed by atoms with Crippen LogP contribution in [0.2, 0.25) is 0 Å². The van der Waals surface area contributed by atoms with E-state index in [1.807, 2.05) is 0 Å². The molecule has 0 aliphatic heterocycles. The van der Waals surface area contributed by atoms with Gasteiger partial charge in [-0.3, -0.25) is 0 Å². The molecule has 0 radical (unpaired) electrons. The quantitative estimate of drug-likeness (QED) is 0.534. The first-order valence-corrected chi connectivity index (χ1v) is 4.90. The smallest absolute Gasteiger partial charge is 0.334 e. The van der Waals surface area contributed by atoms with Crippen LogP contribution in [0.15, 0.2) is 11.1 Å². The Balaban J connectivity index is 2.91. The molecule has 0 aromatic carbocycles. The highest BCUT2D eigenvalue weighted by Gasteiger charge is 2.35. The molecule has 5 nitrogen and oxygen atoms in total. The number of aliphatic hydroxyl groups is 3. The van der Waals surface area contributed by atoms with E-state index in [9.17, 15) is 20.1 Å². The maximum Gasteiger partial charge on any atom is 0.334 e. The van der Waals surface area contributed by atoms with Crippen LogP contribution in [0, 0.1) is 0 Å². The molecule has 0 saturated heterocycles. The monoisotopic (exact) mass is 216 g/mol. The predicted molar refractivity (Wildman–Crippen MR) is 52.0 cm³/mol. The van der Waals surface area contributed by atoms with E-state index in [1.54, 1.807) is 13.8 Å². The molecule has 0 amide bonds. The van der Waals surface area contributed by atoms with Crippen molar-refractivity contribution in [1.82, 2.24) is 0 Å². The van der Waals surface area contributed by atoms with E-state index in [1.165, 1.54) is 0 Å². The van der Waals surface area contributed by atoms with Crippen LogP contribution >= 0.6 is 0 Å². The van der Waals surface area contributed by atoms with E-state index in [0.717, 1.165) is 0 Å². The van der Waals surface area contributed by atoms with Crippen molar-refractivity contribution in [2.24, 2.45) is 0 Å². The van der Waals surface area contributed by atoms with E-state index in [2.05, 4.69) is 0 Å². The second kappa shape index (κ2) is 4.74. The lowest BCUT2D eigenvalue weighted by molar-refractivity contribution is -0.140. The highest BCUT2D eigenvalue weighted by molar-refractivity contribution is 5.89. The van der Waals surface area contributed by atoms with Gasteiger partial charge in [-0.1, -0.05) is 0 Å². The number of hydrogen-bond acceptors (Lipinski definition) is 5. The molecule has 0 heterocycles. The summed E-state index contributed by atoms with van der Waals surface area (Å²) in [5, 5.41) is 28.3. The fourth-order valence-electron chi connectivity index (χ4n) is 1.60. The topological polar surface area (TPSA) is 87.0 Å². The summed E-state index contributed by atoms with van der Waals surface area (Å²) in [5.41, 5.74) is 0.619. The molecule has 86 valence electrons. The molecule has 0 aromatic rings. The third kappa shape index (κ3) is 2.37. The molecule has 3 atom stereocenters. The van der Waals surface area contributed by atoms with Crippen LogP contribution in [-0.4, -0.2) is 46.2 Å². The van der Waals surface area contributed by atoms with Crippen LogP contribution in [0.4, 0.5) is 0 Å². The van der Waals surface area contributed by atoms with Crippen molar-refractivity contribution < 1.29 is 24.9 Å². The van der Waals surface area contributed by atoms with Gasteiger partial charge in [-0.2, -0.15) is 0 Å². The molecule has 0 saturated carbocycles. The van der Waals surface area contributed by atoms with Gasteiger partial charge in [0.25, 0.3) is 0 Å². The zero-order valence-corrected chi connectivity index (χ0v) is 8.80. The van der Waals surface area contributed by atoms with Gasteiger partial charge in [0.05, 0.1) is 12.7 Å². The Morgan fingerprint density at radius 2 is 2.07 bits per heavy atom. The van der Waals surface area contributed by atoms with Gasteiger partial charge in [0.2, 0.25) is 0 Å². The third-order valence-corrected chi connectivity index (χ3v) is 2.57. The molecule has 5 heteroatoms. The standard InChI is InChI=1S/C10H16O5/c1-3-15-10(14)6-4-7(11)9(13)8(12)5(6)2/h7-9,11-13H,3-4H2,1-2H3. The Labute approximate surface area is 88.0 Å². The Morgan fingerprint density at radius 3 is 2.60 bits per heavy atom. The molecule has 1 rings (SSSR count). The van der Waals surface area contributed by atoms with Gasteiger partial charge in [-0.05, 0) is 19.4 Å². The van der Waals surface area contributed by atoms with Crippen molar-refractivity contribution in [3.63, 3.8) is 0 Å². The Bertz CT molecular complexity index is 284. The summed E-state index contributed by atoms with van der Waals surface area (Å²) in [6.45, 7) is 3.47. The minimum atomic E-state index is -1.23. The van der Waals surface area contributed by atoms with Gasteiger partial charge in [0.15, 0.2) is 0 Å². The van der Waals surface area contributed by atoms with Crippen LogP contribution in [0.1, 0.15) is 20.3 Å². The summed E-state index contributed by atoms with van der Waals surface area (Å²) < 4.78 is 4.78. The number of aliphatic hydroxyl groups excluding tert-OH is 3. The first kappa shape index (κ1) is 12.2. The van der Waals surface area contributed by atoms with Crippen LogP contribution in [0.25, 0.3) is 0 Å². The average Bonchev–Trinajstić information content (AvgIpc) is 2.20. The van der Waals surface area contributed by atoms with Crippen LogP contribution in [0.5, 0.6) is 0 Å². The second-order valence-electron chi connectivity index (χ2n) is 3.59. The van der Waals surface area contributed by atoms with Crippen molar-refractivity contribution in [1.29, 1.82) is 0 Å². The minimum Gasteiger partial charge on any atom is -0.463 e. The average molecular weight is 216 g/mol. The second-order valence-corrected chi connectivity index (χ2v) is 3.59. The summed E-state index contributed by atoms with van der Waals surface area (Å²) in [6.07, 6.45) is -3.54. The highest BCUT2D eigenvalue weighted by Crippen LogP contribution is 2.26. The fourth-order valence-corrected chi connectivity index (χ4v) is 1.60. The summed E-state index contributed by atoms with van der Waals surface area (Å²) >= 11 is 0. The maximum absolute atomic E-state index is 11.4. The van der Waals surface area contributed by atoms with Gasteiger partial charge in [-0.25, -0.2) is 4.79 Å². The molecule has 0 fully saturated rings. The Morgan fingerprint density at radius 1 is 1.47 bits per heavy atom. The SMILES string of the molecule is CCOC(=O)C1=C(C)C(O)C(O)C(O)C1. The number of hydrogen-bond donors (Lipinski definition) is 3. The number of carbonyl (C=O) groups is 1. The molecule has 0 spiro atoms. The van der Waals surface area contributed by atoms with E-state index >= 15 is 0 Å². The first-order valence-electron chi connectivity index (χ1n) is 4.90. The van der Waals surface area contributed by atoms with Crippen molar-refractivity contribution >= 4 is 5.97 Å². The molecular weight excluding hydrogens is 200 g/mol. The molecule has 0 aromatic heterocycles. The third-order valence-electron chi connectivity index (χ3n) is 2.57. The van der Waals surface area contributed by atoms with Gasteiger partial charge in [0, 0.05) is 12.0 Å². The van der Waals surface area contributed by atoms with Crippen molar-refractivity contribution in [2.75, 3.05) is 6.61 Å². The molecule has 1 aliphatic rings. The molecule has 3 N–H and O–H groups in total. The van der Waals surface area contributed by atoms with Gasteiger partial charge in [0.1, 0.15) is 12.2 Å². The lowest BCUT2D eigenvalue weighted by Crippen LogP contribution is -2.43. The lowest BCUT2D eigenvalue weighted by Gasteiger charge is -2.30. The predicted octanol–water partition coefficient (Wildman–Crippen LogP) is -0.648. The normalized spacial score (nSPS) is 31.7. The van der Waals surface area contributed by atoms with E-state index in [4.69, 9.17) is 4.74 Å². The van der Waals surface area contributed by atoms with Gasteiger partial charge >= 0.3 is 5.97 Å². The van der Waals surface area contributed by atoms with E-state index in [0.29, 0.717) is 5.57 Å². The van der Waals surface area contributed by atoms with E-state index < -0.39 is 24.3 Å². The molecule has 0 bridgehead atoms. The zero-order valence-electron chi connectivity index (χ0n) is 8.80. The number of carbonyl (C=O) groups excluding carboxylic acids is 1. The summed E-state index contributed by atoms with van der Waals surface area (Å²) in [5.74, 6) is -0.542. The summed E-state index contributed by atoms with van der Waals surface area (Å²) in [6, 6.07) is 0. The zero-order chi connectivity index (χ0) is 11.6. The summed E-state index contributed by atoms with van der Waals surface area (Å²) in [4.78, 5) is 11.4. The summed E-state index contributed by atoms with van der Waals surface area (Å²) in [7, 11) is 0. The highest BCUT2D eigenvalue weighted by atomic mass is 16.5. The van der Waals surface area contributed by atoms with Crippen LogP contribution < -0.4 is 0 Å². The molecular formula is C10H16O5. The van der Waals surface area contributed by atoms with Gasteiger partial charge < -0.3 is 20.1 Å². The fraction of sp³-hybridized carbons (Fsp3) is 0.700. The van der Waals surface area contributed by atoms with Crippen molar-refractivity contribution in [3.05, 3.63) is 11.1 Å². The van der Waals surface area contributed by atoms with E-state index in [-0.39, 0.29) is 18.6 Å². The number of ether oxygens (including phenoxy) is 1. The molecule has 15 heavy (non-hydrogen) atoms. The van der Waals surface area contributed by atoms with Gasteiger partial charge in [-0.15, -0.1) is 0 Å². The van der Waals surface area contributed by atoms with Crippen LogP contribution in [0.3, 0.4) is 0 Å². The minimum absolute atomic E-state index is 0.0168. The largest absolute Gasteiger partial charge is 0.463 e. The Kier molecular flexibility index (Phi) is 3.84. The first-order chi connectivity index (χ1) is 6.99. The van der Waals surface area contributed by atoms with Crippen molar-refractivity contribution in [3.8, 4) is 0 Å².